The topological polar surface area (TPSA) is 63.9 Å². The number of carbonyl (C=O) groups is 1. The zero-order valence-corrected chi connectivity index (χ0v) is 9.56. The van der Waals surface area contributed by atoms with Gasteiger partial charge in [0.1, 0.15) is 6.26 Å². The fourth-order valence-corrected chi connectivity index (χ4v) is 2.15. The molecule has 3 nitrogen and oxygen atoms in total. The molecule has 5 heteroatoms. The van der Waals surface area contributed by atoms with E-state index >= 15 is 0 Å². The molecule has 1 atom stereocenters. The lowest BCUT2D eigenvalue weighted by molar-refractivity contribution is 0.0994. The highest BCUT2D eigenvalue weighted by Gasteiger charge is 2.18. The van der Waals surface area contributed by atoms with Gasteiger partial charge in [-0.25, -0.2) is 0 Å². The van der Waals surface area contributed by atoms with E-state index in [-0.39, 0.29) is 12.2 Å². The van der Waals surface area contributed by atoms with Crippen molar-refractivity contribution in [2.75, 3.05) is 6.26 Å². The maximum atomic E-state index is 11.5. The zero-order valence-electron chi connectivity index (χ0n) is 7.99. The number of nitriles is 1. The number of ketones is 1. The van der Waals surface area contributed by atoms with Gasteiger partial charge < -0.3 is 4.55 Å². The molecular formula is C10H8ClNO2S. The molecule has 0 saturated heterocycles. The Kier molecular flexibility index (Phi) is 4.15. The lowest BCUT2D eigenvalue weighted by atomic mass is 10.1. The Labute approximate surface area is 95.8 Å². The molecule has 0 aromatic heterocycles. The largest absolute Gasteiger partial charge is 0.612 e. The minimum absolute atomic E-state index is 0.216. The Bertz CT molecular complexity index is 426. The quantitative estimate of drug-likeness (QED) is 0.602. The van der Waals surface area contributed by atoms with Crippen LogP contribution in [0.2, 0.25) is 5.02 Å². The van der Waals surface area contributed by atoms with E-state index in [1.54, 1.807) is 12.1 Å². The van der Waals surface area contributed by atoms with Gasteiger partial charge in [0.25, 0.3) is 0 Å². The second kappa shape index (κ2) is 5.17. The smallest absolute Gasteiger partial charge is 0.181 e. The lowest BCUT2D eigenvalue weighted by Gasteiger charge is -2.08. The van der Waals surface area contributed by atoms with Crippen LogP contribution in [0.25, 0.3) is 0 Å². The molecule has 78 valence electrons. The predicted molar refractivity (Wildman–Crippen MR) is 58.3 cm³/mol. The van der Waals surface area contributed by atoms with Crippen molar-refractivity contribution in [1.82, 2.24) is 0 Å². The first-order valence-corrected chi connectivity index (χ1v) is 6.03. The first kappa shape index (κ1) is 12.1. The van der Waals surface area contributed by atoms with Crippen molar-refractivity contribution in [1.29, 1.82) is 5.26 Å². The van der Waals surface area contributed by atoms with Gasteiger partial charge in [0.15, 0.2) is 10.7 Å². The molecule has 0 N–H and O–H groups in total. The Morgan fingerprint density at radius 1 is 1.67 bits per heavy atom. The standard InChI is InChI=1S/C10H8ClNO2S/c1-15(14)10-6-7(11)2-3-8(10)9(13)4-5-12/h2-3,6H,4H2,1H3. The second-order valence-electron chi connectivity index (χ2n) is 2.85. The number of hydrogen-bond acceptors (Lipinski definition) is 3. The van der Waals surface area contributed by atoms with E-state index in [4.69, 9.17) is 16.9 Å². The molecule has 0 spiro atoms. The van der Waals surface area contributed by atoms with Gasteiger partial charge in [-0.15, -0.1) is 0 Å². The summed E-state index contributed by atoms with van der Waals surface area (Å²) in [6, 6.07) is 6.30. The van der Waals surface area contributed by atoms with Crippen LogP contribution < -0.4 is 0 Å². The van der Waals surface area contributed by atoms with Crippen LogP contribution in [-0.4, -0.2) is 16.6 Å². The molecule has 1 aromatic carbocycles. The number of hydrogen-bond donors (Lipinski definition) is 0. The third-order valence-electron chi connectivity index (χ3n) is 1.79. The Morgan fingerprint density at radius 2 is 2.33 bits per heavy atom. The summed E-state index contributed by atoms with van der Waals surface area (Å²) in [5.41, 5.74) is 0.307. The van der Waals surface area contributed by atoms with Crippen LogP contribution in [0.15, 0.2) is 23.1 Å². The third-order valence-corrected chi connectivity index (χ3v) is 2.99. The van der Waals surface area contributed by atoms with E-state index in [2.05, 4.69) is 0 Å². The maximum absolute atomic E-state index is 11.5. The Morgan fingerprint density at radius 3 is 2.87 bits per heavy atom. The number of carbonyl (C=O) groups excluding carboxylic acids is 1. The highest BCUT2D eigenvalue weighted by molar-refractivity contribution is 7.90. The van der Waals surface area contributed by atoms with Crippen LogP contribution in [0.1, 0.15) is 16.8 Å². The summed E-state index contributed by atoms with van der Waals surface area (Å²) < 4.78 is 11.3. The molecular weight excluding hydrogens is 234 g/mol. The molecule has 0 aliphatic carbocycles. The first-order valence-electron chi connectivity index (χ1n) is 4.09. The number of halogens is 1. The van der Waals surface area contributed by atoms with Crippen molar-refractivity contribution in [3.63, 3.8) is 0 Å². The van der Waals surface area contributed by atoms with Crippen molar-refractivity contribution >= 4 is 28.6 Å². The average Bonchev–Trinajstić information content (AvgIpc) is 2.17. The Hall–Kier alpha value is -1.02. The van der Waals surface area contributed by atoms with Crippen molar-refractivity contribution < 1.29 is 9.35 Å². The molecule has 0 amide bonds. The molecule has 1 unspecified atom stereocenters. The third kappa shape index (κ3) is 2.96. The molecule has 1 rings (SSSR count). The second-order valence-corrected chi connectivity index (χ2v) is 4.64. The zero-order chi connectivity index (χ0) is 11.4. The predicted octanol–water partition coefficient (Wildman–Crippen LogP) is 2.17. The molecule has 15 heavy (non-hydrogen) atoms. The molecule has 1 aromatic rings. The van der Waals surface area contributed by atoms with Crippen LogP contribution in [0.5, 0.6) is 0 Å². The normalized spacial score (nSPS) is 11.9. The van der Waals surface area contributed by atoms with Gasteiger partial charge in [-0.1, -0.05) is 11.6 Å². The summed E-state index contributed by atoms with van der Waals surface area (Å²) in [6.45, 7) is 0. The van der Waals surface area contributed by atoms with E-state index in [0.717, 1.165) is 0 Å². The van der Waals surface area contributed by atoms with Crippen LogP contribution in [0.4, 0.5) is 0 Å². The molecule has 0 saturated carbocycles. The first-order chi connectivity index (χ1) is 7.06. The maximum Gasteiger partial charge on any atom is 0.181 e. The highest BCUT2D eigenvalue weighted by atomic mass is 35.5. The SMILES string of the molecule is C[S+]([O-])c1cc(Cl)ccc1C(=O)CC#N. The minimum atomic E-state index is -1.29. The highest BCUT2D eigenvalue weighted by Crippen LogP contribution is 2.21. The van der Waals surface area contributed by atoms with Crippen molar-refractivity contribution in [3.05, 3.63) is 28.8 Å². The fourth-order valence-electron chi connectivity index (χ4n) is 1.13. The number of Topliss-reactive ketones (excluding diaryl/α,β-unsaturated/α-hetero) is 1. The van der Waals surface area contributed by atoms with Gasteiger partial charge in [0.05, 0.1) is 18.1 Å². The number of benzene rings is 1. The molecule has 0 radical (unpaired) electrons. The summed E-state index contributed by atoms with van der Waals surface area (Å²) in [7, 11) is 0. The molecule has 0 aliphatic rings. The monoisotopic (exact) mass is 241 g/mol. The van der Waals surface area contributed by atoms with E-state index in [9.17, 15) is 9.35 Å². The molecule has 0 aliphatic heterocycles. The molecule has 0 bridgehead atoms. The van der Waals surface area contributed by atoms with Crippen molar-refractivity contribution in [3.8, 4) is 6.07 Å². The van der Waals surface area contributed by atoms with E-state index in [1.165, 1.54) is 18.4 Å². The van der Waals surface area contributed by atoms with Gasteiger partial charge in [-0.05, 0) is 23.3 Å². The summed E-state index contributed by atoms with van der Waals surface area (Å²) in [5.74, 6) is -0.334. The van der Waals surface area contributed by atoms with Crippen LogP contribution in [0.3, 0.4) is 0 Å². The fraction of sp³-hybridized carbons (Fsp3) is 0.200. The van der Waals surface area contributed by atoms with E-state index < -0.39 is 11.2 Å². The van der Waals surface area contributed by atoms with Crippen LogP contribution >= 0.6 is 11.6 Å². The number of rotatable bonds is 3. The van der Waals surface area contributed by atoms with Gasteiger partial charge in [0.2, 0.25) is 0 Å². The molecule has 0 fully saturated rings. The average molecular weight is 242 g/mol. The summed E-state index contributed by atoms with van der Waals surface area (Å²) >= 11 is 4.44. The van der Waals surface area contributed by atoms with Crippen molar-refractivity contribution in [2.24, 2.45) is 0 Å². The molecule has 0 heterocycles. The van der Waals surface area contributed by atoms with Gasteiger partial charge in [-0.2, -0.15) is 5.26 Å². The van der Waals surface area contributed by atoms with Crippen LogP contribution in [0, 0.1) is 11.3 Å². The number of nitrogens with zero attached hydrogens (tertiary/aromatic N) is 1. The Balaban J connectivity index is 3.18. The van der Waals surface area contributed by atoms with E-state index in [1.807, 2.05) is 0 Å². The van der Waals surface area contributed by atoms with Crippen LogP contribution in [-0.2, 0) is 11.2 Å². The van der Waals surface area contributed by atoms with Gasteiger partial charge in [0, 0.05) is 11.1 Å². The lowest BCUT2D eigenvalue weighted by Crippen LogP contribution is -2.07. The summed E-state index contributed by atoms with van der Waals surface area (Å²) in [5, 5.41) is 8.83. The summed E-state index contributed by atoms with van der Waals surface area (Å²) in [4.78, 5) is 11.9. The van der Waals surface area contributed by atoms with Crippen molar-refractivity contribution in [2.45, 2.75) is 11.3 Å². The van der Waals surface area contributed by atoms with Gasteiger partial charge >= 0.3 is 0 Å². The van der Waals surface area contributed by atoms with Gasteiger partial charge in [-0.3, -0.25) is 4.79 Å². The van der Waals surface area contributed by atoms with E-state index in [0.29, 0.717) is 15.5 Å². The summed E-state index contributed by atoms with van der Waals surface area (Å²) in [6.07, 6.45) is 1.25. The minimum Gasteiger partial charge on any atom is -0.612 e.